The summed E-state index contributed by atoms with van der Waals surface area (Å²) in [6.07, 6.45) is 3.32. The minimum absolute atomic E-state index is 0.200. The quantitative estimate of drug-likeness (QED) is 0.756. The monoisotopic (exact) mass is 326 g/mol. The van der Waals surface area contributed by atoms with E-state index < -0.39 is 6.10 Å². The molecule has 0 fully saturated rings. The van der Waals surface area contributed by atoms with Crippen molar-refractivity contribution in [3.8, 4) is 0 Å². The van der Waals surface area contributed by atoms with Crippen molar-refractivity contribution in [2.24, 2.45) is 0 Å². The number of amides is 1. The average Bonchev–Trinajstić information content (AvgIpc) is 2.59. The highest BCUT2D eigenvalue weighted by atomic mass is 16.3. The second-order valence-electron chi connectivity index (χ2n) is 6.12. The van der Waals surface area contributed by atoms with E-state index in [0.29, 0.717) is 17.8 Å². The van der Waals surface area contributed by atoms with Gasteiger partial charge in [-0.15, -0.1) is 0 Å². The molecule has 0 radical (unpaired) electrons. The molecular formula is C18H22N4O2. The number of aromatic nitrogens is 1. The lowest BCUT2D eigenvalue weighted by molar-refractivity contribution is 0.0841. The third-order valence-electron chi connectivity index (χ3n) is 4.20. The van der Waals surface area contributed by atoms with E-state index in [-0.39, 0.29) is 12.5 Å². The number of rotatable bonds is 5. The van der Waals surface area contributed by atoms with Gasteiger partial charge in [-0.25, -0.2) is 0 Å². The van der Waals surface area contributed by atoms with Crippen LogP contribution >= 0.6 is 0 Å². The predicted octanol–water partition coefficient (Wildman–Crippen LogP) is 0.813. The van der Waals surface area contributed by atoms with Crippen LogP contribution in [0.2, 0.25) is 0 Å². The van der Waals surface area contributed by atoms with Gasteiger partial charge >= 0.3 is 0 Å². The zero-order valence-electron chi connectivity index (χ0n) is 13.5. The highest BCUT2D eigenvalue weighted by Gasteiger charge is 2.19. The van der Waals surface area contributed by atoms with Gasteiger partial charge in [0.2, 0.25) is 0 Å². The molecule has 1 aliphatic heterocycles. The van der Waals surface area contributed by atoms with Gasteiger partial charge in [0.05, 0.1) is 17.4 Å². The van der Waals surface area contributed by atoms with Crippen LogP contribution in [0.4, 0.5) is 5.69 Å². The molecule has 3 rings (SSSR count). The van der Waals surface area contributed by atoms with Crippen molar-refractivity contribution in [1.29, 1.82) is 0 Å². The Hall–Kier alpha value is -2.44. The summed E-state index contributed by atoms with van der Waals surface area (Å²) >= 11 is 0. The minimum atomic E-state index is -0.617. The molecule has 4 N–H and O–H groups in total. The second kappa shape index (κ2) is 7.42. The second-order valence-corrected chi connectivity index (χ2v) is 6.12. The van der Waals surface area contributed by atoms with Gasteiger partial charge in [0.25, 0.3) is 5.91 Å². The van der Waals surface area contributed by atoms with E-state index in [9.17, 15) is 9.90 Å². The Morgan fingerprint density at radius 2 is 2.12 bits per heavy atom. The summed E-state index contributed by atoms with van der Waals surface area (Å²) in [5.41, 5.74) is 9.14. The predicted molar refractivity (Wildman–Crippen MR) is 92.4 cm³/mol. The van der Waals surface area contributed by atoms with Crippen molar-refractivity contribution in [3.05, 3.63) is 59.4 Å². The number of nitrogens with two attached hydrogens (primary N) is 1. The van der Waals surface area contributed by atoms with E-state index in [1.807, 2.05) is 6.07 Å². The molecule has 24 heavy (non-hydrogen) atoms. The zero-order chi connectivity index (χ0) is 16.9. The molecule has 1 aromatic carbocycles. The summed E-state index contributed by atoms with van der Waals surface area (Å²) in [6, 6.07) is 9.95. The van der Waals surface area contributed by atoms with E-state index in [1.54, 1.807) is 6.07 Å². The number of nitrogens with one attached hydrogen (secondary N) is 1. The van der Waals surface area contributed by atoms with Gasteiger partial charge in [-0.05, 0) is 23.6 Å². The molecule has 6 nitrogen and oxygen atoms in total. The topological polar surface area (TPSA) is 91.5 Å². The van der Waals surface area contributed by atoms with Gasteiger partial charge in [-0.3, -0.25) is 14.7 Å². The van der Waals surface area contributed by atoms with Crippen LogP contribution in [-0.4, -0.2) is 46.6 Å². The molecule has 1 amide bonds. The normalized spacial score (nSPS) is 15.5. The molecule has 0 aliphatic carbocycles. The van der Waals surface area contributed by atoms with Crippen LogP contribution in [0.1, 0.15) is 21.5 Å². The summed E-state index contributed by atoms with van der Waals surface area (Å²) in [6.45, 7) is 2.48. The molecule has 1 atom stereocenters. The maximum atomic E-state index is 12.0. The van der Waals surface area contributed by atoms with Crippen molar-refractivity contribution in [3.63, 3.8) is 0 Å². The zero-order valence-corrected chi connectivity index (χ0v) is 13.5. The van der Waals surface area contributed by atoms with Gasteiger partial charge in [-0.1, -0.05) is 24.3 Å². The van der Waals surface area contributed by atoms with Crippen molar-refractivity contribution in [2.45, 2.75) is 19.1 Å². The van der Waals surface area contributed by atoms with Gasteiger partial charge in [0.1, 0.15) is 0 Å². The SMILES string of the molecule is Nc1cncc(C(=O)NCC(O)CN2CCc3ccccc3C2)c1. The van der Waals surface area contributed by atoms with Crippen molar-refractivity contribution >= 4 is 11.6 Å². The Balaban J connectivity index is 1.48. The molecule has 0 saturated heterocycles. The molecular weight excluding hydrogens is 304 g/mol. The number of aliphatic hydroxyl groups excluding tert-OH is 1. The first-order chi connectivity index (χ1) is 11.6. The van der Waals surface area contributed by atoms with Gasteiger partial charge < -0.3 is 16.2 Å². The number of β-amino-alcohol motifs (C(OH)–C–C–N with tert-alkyl or cyclic N) is 1. The third-order valence-corrected chi connectivity index (χ3v) is 4.20. The fourth-order valence-corrected chi connectivity index (χ4v) is 2.97. The maximum absolute atomic E-state index is 12.0. The van der Waals surface area contributed by atoms with Crippen molar-refractivity contribution < 1.29 is 9.90 Å². The third kappa shape index (κ3) is 4.10. The fraction of sp³-hybridized carbons (Fsp3) is 0.333. The van der Waals surface area contributed by atoms with Crippen molar-refractivity contribution in [2.75, 3.05) is 25.4 Å². The summed E-state index contributed by atoms with van der Waals surface area (Å²) < 4.78 is 0. The number of carbonyl (C=O) groups excluding carboxylic acids is 1. The number of hydrogen-bond donors (Lipinski definition) is 3. The van der Waals surface area contributed by atoms with Crippen molar-refractivity contribution in [1.82, 2.24) is 15.2 Å². The highest BCUT2D eigenvalue weighted by Crippen LogP contribution is 2.18. The fourth-order valence-electron chi connectivity index (χ4n) is 2.97. The molecule has 1 aliphatic rings. The number of fused-ring (bicyclic) bond motifs is 1. The minimum Gasteiger partial charge on any atom is -0.397 e. The molecule has 1 aromatic heterocycles. The molecule has 6 heteroatoms. The summed E-state index contributed by atoms with van der Waals surface area (Å²) in [5.74, 6) is -0.280. The van der Waals surface area contributed by atoms with Crippen LogP contribution in [0.3, 0.4) is 0 Å². The number of benzene rings is 1. The van der Waals surface area contributed by atoms with Gasteiger partial charge in [0.15, 0.2) is 0 Å². The lowest BCUT2D eigenvalue weighted by Gasteiger charge is -2.30. The van der Waals surface area contributed by atoms with Gasteiger partial charge in [-0.2, -0.15) is 0 Å². The summed E-state index contributed by atoms with van der Waals surface area (Å²) in [4.78, 5) is 18.1. The first-order valence-corrected chi connectivity index (χ1v) is 8.08. The molecule has 0 bridgehead atoms. The van der Waals surface area contributed by atoms with Crippen LogP contribution in [0, 0.1) is 0 Å². The van der Waals surface area contributed by atoms with E-state index in [4.69, 9.17) is 5.73 Å². The Bertz CT molecular complexity index is 720. The Morgan fingerprint density at radius 1 is 1.33 bits per heavy atom. The smallest absolute Gasteiger partial charge is 0.253 e. The van der Waals surface area contributed by atoms with Crippen LogP contribution in [0.5, 0.6) is 0 Å². The lowest BCUT2D eigenvalue weighted by atomic mass is 10.00. The largest absolute Gasteiger partial charge is 0.397 e. The molecule has 1 unspecified atom stereocenters. The number of nitrogens with zero attached hydrogens (tertiary/aromatic N) is 2. The van der Waals surface area contributed by atoms with E-state index in [2.05, 4.69) is 33.4 Å². The first kappa shape index (κ1) is 16.4. The molecule has 0 saturated carbocycles. The number of pyridine rings is 1. The van der Waals surface area contributed by atoms with Gasteiger partial charge in [0, 0.05) is 38.6 Å². The first-order valence-electron chi connectivity index (χ1n) is 8.08. The number of anilines is 1. The number of carbonyl (C=O) groups is 1. The average molecular weight is 326 g/mol. The maximum Gasteiger partial charge on any atom is 0.253 e. The van der Waals surface area contributed by atoms with Crippen LogP contribution in [0.15, 0.2) is 42.7 Å². The van der Waals surface area contributed by atoms with E-state index >= 15 is 0 Å². The summed E-state index contributed by atoms with van der Waals surface area (Å²) in [5, 5.41) is 12.9. The lowest BCUT2D eigenvalue weighted by Crippen LogP contribution is -2.42. The molecule has 2 aromatic rings. The molecule has 126 valence electrons. The van der Waals surface area contributed by atoms with E-state index in [1.165, 1.54) is 23.5 Å². The Kier molecular flexibility index (Phi) is 5.08. The number of hydrogen-bond acceptors (Lipinski definition) is 5. The number of nitrogen functional groups attached to an aromatic ring is 1. The van der Waals surface area contributed by atoms with Crippen LogP contribution in [-0.2, 0) is 13.0 Å². The molecule has 0 spiro atoms. The van der Waals surface area contributed by atoms with Crippen LogP contribution < -0.4 is 11.1 Å². The molecule has 2 heterocycles. The number of aliphatic hydroxyl groups is 1. The Morgan fingerprint density at radius 3 is 2.92 bits per heavy atom. The summed E-state index contributed by atoms with van der Waals surface area (Å²) in [7, 11) is 0. The Labute approximate surface area is 141 Å². The highest BCUT2D eigenvalue weighted by molar-refractivity contribution is 5.94. The standard InChI is InChI=1S/C18H22N4O2/c19-16-7-15(8-20-9-16)18(24)21-10-17(23)12-22-6-5-13-3-1-2-4-14(13)11-22/h1-4,7-9,17,23H,5-6,10-12,19H2,(H,21,24). The van der Waals surface area contributed by atoms with E-state index in [0.717, 1.165) is 19.5 Å². The van der Waals surface area contributed by atoms with Crippen LogP contribution in [0.25, 0.3) is 0 Å².